The standard InChI is InChI=1S/C18H28N4O/c1-18(2,23)13-22-16-8-7-14(12-15(16)20-17(22)19)6-5-11-21-9-3-4-10-21/h7-8,12,23H,3-6,9-11,13H2,1-2H3,(H2,19,20). The lowest BCUT2D eigenvalue weighted by molar-refractivity contribution is 0.0633. The molecule has 1 aliphatic heterocycles. The van der Waals surface area contributed by atoms with Crippen molar-refractivity contribution < 1.29 is 5.11 Å². The van der Waals surface area contributed by atoms with Gasteiger partial charge in [0.25, 0.3) is 0 Å². The zero-order valence-corrected chi connectivity index (χ0v) is 14.3. The third-order valence-electron chi connectivity index (χ3n) is 4.53. The second-order valence-corrected chi connectivity index (χ2v) is 7.34. The van der Waals surface area contributed by atoms with Crippen molar-refractivity contribution in [2.24, 2.45) is 0 Å². The van der Waals surface area contributed by atoms with Crippen molar-refractivity contribution in [3.05, 3.63) is 23.8 Å². The summed E-state index contributed by atoms with van der Waals surface area (Å²) in [4.78, 5) is 7.01. The Kier molecular flexibility index (Phi) is 4.60. The van der Waals surface area contributed by atoms with Crippen LogP contribution < -0.4 is 5.73 Å². The lowest BCUT2D eigenvalue weighted by atomic mass is 10.1. The van der Waals surface area contributed by atoms with Gasteiger partial charge in [-0.2, -0.15) is 0 Å². The molecule has 0 bridgehead atoms. The SMILES string of the molecule is CC(C)(O)Cn1c(N)nc2cc(CCCN3CCCC3)ccc21. The van der Waals surface area contributed by atoms with Gasteiger partial charge in [0.05, 0.1) is 23.2 Å². The van der Waals surface area contributed by atoms with Crippen LogP contribution in [0.4, 0.5) is 5.95 Å². The predicted octanol–water partition coefficient (Wildman–Crippen LogP) is 2.42. The molecule has 1 fully saturated rings. The number of hydrogen-bond donors (Lipinski definition) is 2. The molecule has 0 radical (unpaired) electrons. The van der Waals surface area contributed by atoms with Crippen molar-refractivity contribution >= 4 is 17.0 Å². The highest BCUT2D eigenvalue weighted by atomic mass is 16.3. The first-order valence-electron chi connectivity index (χ1n) is 8.62. The lowest BCUT2D eigenvalue weighted by Crippen LogP contribution is -2.26. The Morgan fingerprint density at radius 3 is 2.70 bits per heavy atom. The molecule has 1 aromatic carbocycles. The fourth-order valence-electron chi connectivity index (χ4n) is 3.42. The van der Waals surface area contributed by atoms with Crippen LogP contribution in [0.1, 0.15) is 38.7 Å². The molecule has 0 aliphatic carbocycles. The number of nitrogen functional groups attached to an aromatic ring is 1. The Labute approximate surface area is 138 Å². The summed E-state index contributed by atoms with van der Waals surface area (Å²) in [7, 11) is 0. The number of imidazole rings is 1. The minimum absolute atomic E-state index is 0.448. The van der Waals surface area contributed by atoms with E-state index in [1.165, 1.54) is 44.5 Å². The van der Waals surface area contributed by atoms with Gasteiger partial charge in [0.1, 0.15) is 0 Å². The van der Waals surface area contributed by atoms with Gasteiger partial charge in [-0.1, -0.05) is 6.07 Å². The Morgan fingerprint density at radius 2 is 2.00 bits per heavy atom. The summed E-state index contributed by atoms with van der Waals surface area (Å²) < 4.78 is 1.89. The number of hydrogen-bond acceptors (Lipinski definition) is 4. The Bertz CT molecular complexity index is 665. The van der Waals surface area contributed by atoms with E-state index in [9.17, 15) is 5.11 Å². The van der Waals surface area contributed by atoms with Crippen LogP contribution in [0.2, 0.25) is 0 Å². The van der Waals surface area contributed by atoms with Crippen LogP contribution in [0, 0.1) is 0 Å². The Balaban J connectivity index is 1.69. The number of nitrogens with zero attached hydrogens (tertiary/aromatic N) is 3. The molecule has 0 unspecified atom stereocenters. The zero-order chi connectivity index (χ0) is 16.4. The van der Waals surface area contributed by atoms with Gasteiger partial charge in [0.15, 0.2) is 0 Å². The molecule has 5 nitrogen and oxygen atoms in total. The molecule has 1 saturated heterocycles. The van der Waals surface area contributed by atoms with Gasteiger partial charge in [0, 0.05) is 0 Å². The van der Waals surface area contributed by atoms with Crippen LogP contribution in [0.25, 0.3) is 11.0 Å². The molecule has 0 atom stereocenters. The van der Waals surface area contributed by atoms with Crippen molar-refractivity contribution in [3.63, 3.8) is 0 Å². The molecular weight excluding hydrogens is 288 g/mol. The highest BCUT2D eigenvalue weighted by molar-refractivity contribution is 5.79. The number of aromatic nitrogens is 2. The summed E-state index contributed by atoms with van der Waals surface area (Å²) in [5.74, 6) is 0.469. The molecule has 0 amide bonds. The van der Waals surface area contributed by atoms with Gasteiger partial charge in [-0.3, -0.25) is 0 Å². The van der Waals surface area contributed by atoms with Gasteiger partial charge in [-0.05, 0) is 76.9 Å². The molecule has 3 rings (SSSR count). The summed E-state index contributed by atoms with van der Waals surface area (Å²) in [6.07, 6.45) is 4.96. The fraction of sp³-hybridized carbons (Fsp3) is 0.611. The number of aliphatic hydroxyl groups is 1. The summed E-state index contributed by atoms with van der Waals surface area (Å²) >= 11 is 0. The number of fused-ring (bicyclic) bond motifs is 1. The van der Waals surface area contributed by atoms with Crippen LogP contribution in [0.5, 0.6) is 0 Å². The van der Waals surface area contributed by atoms with E-state index in [0.717, 1.165) is 17.5 Å². The molecule has 1 aromatic heterocycles. The van der Waals surface area contributed by atoms with Gasteiger partial charge >= 0.3 is 0 Å². The molecule has 3 N–H and O–H groups in total. The molecule has 2 heterocycles. The topological polar surface area (TPSA) is 67.3 Å². The maximum atomic E-state index is 10.0. The number of aryl methyl sites for hydroxylation is 1. The molecule has 126 valence electrons. The predicted molar refractivity (Wildman–Crippen MR) is 94.4 cm³/mol. The first kappa shape index (κ1) is 16.3. The molecule has 2 aromatic rings. The van der Waals surface area contributed by atoms with Crippen molar-refractivity contribution in [2.75, 3.05) is 25.4 Å². The smallest absolute Gasteiger partial charge is 0.201 e. The highest BCUT2D eigenvalue weighted by Gasteiger charge is 2.18. The third-order valence-corrected chi connectivity index (χ3v) is 4.53. The van der Waals surface area contributed by atoms with E-state index in [1.54, 1.807) is 13.8 Å². The maximum Gasteiger partial charge on any atom is 0.201 e. The van der Waals surface area contributed by atoms with E-state index in [1.807, 2.05) is 4.57 Å². The number of anilines is 1. The minimum Gasteiger partial charge on any atom is -0.389 e. The molecular formula is C18H28N4O. The Morgan fingerprint density at radius 1 is 1.26 bits per heavy atom. The highest BCUT2D eigenvalue weighted by Crippen LogP contribution is 2.22. The molecule has 23 heavy (non-hydrogen) atoms. The number of benzene rings is 1. The van der Waals surface area contributed by atoms with Gasteiger partial charge < -0.3 is 20.3 Å². The summed E-state index contributed by atoms with van der Waals surface area (Å²) in [6.45, 7) is 7.72. The van der Waals surface area contributed by atoms with E-state index in [4.69, 9.17) is 5.73 Å². The second kappa shape index (κ2) is 6.49. The molecule has 1 aliphatic rings. The number of nitrogens with two attached hydrogens (primary N) is 1. The van der Waals surface area contributed by atoms with Gasteiger partial charge in [0.2, 0.25) is 5.95 Å². The molecule has 0 spiro atoms. The van der Waals surface area contributed by atoms with Crippen molar-refractivity contribution in [1.82, 2.24) is 14.5 Å². The third kappa shape index (κ3) is 4.03. The van der Waals surface area contributed by atoms with Crippen molar-refractivity contribution in [2.45, 2.75) is 51.7 Å². The maximum absolute atomic E-state index is 10.0. The minimum atomic E-state index is -0.809. The van der Waals surface area contributed by atoms with Crippen molar-refractivity contribution in [1.29, 1.82) is 0 Å². The van der Waals surface area contributed by atoms with Crippen LogP contribution in [-0.2, 0) is 13.0 Å². The summed E-state index contributed by atoms with van der Waals surface area (Å²) in [6, 6.07) is 6.38. The lowest BCUT2D eigenvalue weighted by Gasteiger charge is -2.19. The van der Waals surface area contributed by atoms with Crippen LogP contribution in [0.3, 0.4) is 0 Å². The van der Waals surface area contributed by atoms with E-state index in [-0.39, 0.29) is 0 Å². The number of rotatable bonds is 6. The van der Waals surface area contributed by atoms with Crippen LogP contribution in [0.15, 0.2) is 18.2 Å². The Hall–Kier alpha value is -1.59. The van der Waals surface area contributed by atoms with Crippen molar-refractivity contribution in [3.8, 4) is 0 Å². The largest absolute Gasteiger partial charge is 0.389 e. The van der Waals surface area contributed by atoms with E-state index in [2.05, 4.69) is 28.1 Å². The first-order chi connectivity index (χ1) is 10.9. The van der Waals surface area contributed by atoms with Gasteiger partial charge in [-0.25, -0.2) is 4.98 Å². The zero-order valence-electron chi connectivity index (χ0n) is 14.3. The van der Waals surface area contributed by atoms with Crippen LogP contribution in [-0.4, -0.2) is 44.8 Å². The molecule has 5 heteroatoms. The first-order valence-corrected chi connectivity index (χ1v) is 8.62. The van der Waals surface area contributed by atoms with E-state index < -0.39 is 5.60 Å². The van der Waals surface area contributed by atoms with Gasteiger partial charge in [-0.15, -0.1) is 0 Å². The quantitative estimate of drug-likeness (QED) is 0.859. The summed E-state index contributed by atoms with van der Waals surface area (Å²) in [5, 5.41) is 10.0. The normalized spacial score (nSPS) is 16.5. The monoisotopic (exact) mass is 316 g/mol. The second-order valence-electron chi connectivity index (χ2n) is 7.34. The van der Waals surface area contributed by atoms with Crippen LogP contribution >= 0.6 is 0 Å². The fourth-order valence-corrected chi connectivity index (χ4v) is 3.42. The average molecular weight is 316 g/mol. The molecule has 0 saturated carbocycles. The van der Waals surface area contributed by atoms with E-state index in [0.29, 0.717) is 12.5 Å². The number of likely N-dealkylation sites (tertiary alicyclic amines) is 1. The van der Waals surface area contributed by atoms with E-state index >= 15 is 0 Å². The average Bonchev–Trinajstić information content (AvgIpc) is 3.07. The summed E-state index contributed by atoms with van der Waals surface area (Å²) in [5.41, 5.74) is 8.44.